The lowest BCUT2D eigenvalue weighted by molar-refractivity contribution is -0.137. The quantitative estimate of drug-likeness (QED) is 0.282. The molecule has 3 N–H and O–H groups in total. The average molecular weight is 721 g/mol. The largest absolute Gasteiger partial charge is 0.495 e. The van der Waals surface area contributed by atoms with Gasteiger partial charge in [-0.1, -0.05) is 0 Å². The first-order valence-electron chi connectivity index (χ1n) is 10.7. The molecular formula is C24H25I2N3O7. The fourth-order valence-corrected chi connectivity index (χ4v) is 5.78. The number of carbonyl (C=O) groups excluding carboxylic acids is 1. The Bertz CT molecular complexity index is 1360. The van der Waals surface area contributed by atoms with Gasteiger partial charge >= 0.3 is 17.7 Å². The van der Waals surface area contributed by atoms with Crippen LogP contribution in [0.25, 0.3) is 10.9 Å². The van der Waals surface area contributed by atoms with Crippen LogP contribution in [0.15, 0.2) is 33.5 Å². The molecule has 1 aromatic heterocycles. The summed E-state index contributed by atoms with van der Waals surface area (Å²) in [5.74, 6) is -0.411. The van der Waals surface area contributed by atoms with Gasteiger partial charge in [0.15, 0.2) is 0 Å². The Morgan fingerprint density at radius 3 is 2.39 bits per heavy atom. The number of methoxy groups -OCH3 is 1. The van der Waals surface area contributed by atoms with Gasteiger partial charge in [-0.05, 0) is 108 Å². The molecule has 0 saturated carbocycles. The number of carboxylic acids is 1. The maximum atomic E-state index is 12.8. The van der Waals surface area contributed by atoms with Crippen molar-refractivity contribution in [2.75, 3.05) is 17.7 Å². The van der Waals surface area contributed by atoms with Gasteiger partial charge in [-0.3, -0.25) is 5.32 Å². The molecule has 0 radical (unpaired) electrons. The second-order valence-electron chi connectivity index (χ2n) is 8.90. The van der Waals surface area contributed by atoms with E-state index in [9.17, 15) is 19.5 Å². The molecule has 36 heavy (non-hydrogen) atoms. The monoisotopic (exact) mass is 721 g/mol. The van der Waals surface area contributed by atoms with Crippen molar-refractivity contribution in [2.24, 2.45) is 0 Å². The summed E-state index contributed by atoms with van der Waals surface area (Å²) in [7, 11) is 1.58. The van der Waals surface area contributed by atoms with Crippen LogP contribution >= 0.6 is 45.2 Å². The minimum atomic E-state index is -1.13. The van der Waals surface area contributed by atoms with Crippen molar-refractivity contribution in [1.82, 2.24) is 4.98 Å². The number of halogens is 2. The molecule has 0 spiro atoms. The number of nitrogens with zero attached hydrogens (tertiary/aromatic N) is 1. The normalized spacial score (nSPS) is 12.2. The first kappa shape index (κ1) is 28.0. The summed E-state index contributed by atoms with van der Waals surface area (Å²) in [6.45, 7) is 6.88. The Kier molecular flexibility index (Phi) is 8.69. The summed E-state index contributed by atoms with van der Waals surface area (Å²) in [5.41, 5.74) is 0.478. The third-order valence-corrected chi connectivity index (χ3v) is 6.59. The first-order valence-corrected chi connectivity index (χ1v) is 12.9. The van der Waals surface area contributed by atoms with Crippen LogP contribution in [0.5, 0.6) is 5.75 Å². The van der Waals surface area contributed by atoms with Gasteiger partial charge in [0.1, 0.15) is 17.4 Å². The Hall–Kier alpha value is -2.62. The van der Waals surface area contributed by atoms with E-state index in [4.69, 9.17) is 13.9 Å². The number of nitrogens with one attached hydrogen (secondary N) is 2. The number of hydrogen-bond donors (Lipinski definition) is 3. The molecule has 1 amide bonds. The van der Waals surface area contributed by atoms with Crippen molar-refractivity contribution in [3.8, 4) is 5.75 Å². The van der Waals surface area contributed by atoms with E-state index in [0.717, 1.165) is 18.5 Å². The number of aryl methyl sites for hydroxylation is 1. The van der Waals surface area contributed by atoms with E-state index >= 15 is 0 Å². The molecule has 1 heterocycles. The molecule has 0 aliphatic heterocycles. The standard InChI is InChI=1S/C24H25I2N3O7/c1-11-15(29-23(33)36-24(2,3)4)6-7-16-18(11)21(32)35-22(27-16)28-17(20(30)31)10-12-8-13(25)19(34-5)14(26)9-12/h6-9,17H,10H2,1-5H3,(H,27,28)(H,29,33)(H,30,31)/t17-/m0/s1. The van der Waals surface area contributed by atoms with Crippen LogP contribution in [-0.2, 0) is 16.0 Å². The third-order valence-electron chi connectivity index (χ3n) is 4.99. The molecule has 0 aliphatic rings. The van der Waals surface area contributed by atoms with E-state index in [1.165, 1.54) is 0 Å². The lowest BCUT2D eigenvalue weighted by Gasteiger charge is -2.20. The highest BCUT2D eigenvalue weighted by Gasteiger charge is 2.23. The van der Waals surface area contributed by atoms with Gasteiger partial charge in [-0.2, -0.15) is 4.98 Å². The lowest BCUT2D eigenvalue weighted by atomic mass is 10.1. The van der Waals surface area contributed by atoms with Crippen molar-refractivity contribution in [3.05, 3.63) is 53.0 Å². The van der Waals surface area contributed by atoms with Crippen LogP contribution in [0, 0.1) is 14.1 Å². The van der Waals surface area contributed by atoms with Crippen LogP contribution in [0.1, 0.15) is 31.9 Å². The van der Waals surface area contributed by atoms with Crippen molar-refractivity contribution >= 4 is 79.8 Å². The molecule has 0 saturated heterocycles. The number of rotatable bonds is 7. The van der Waals surface area contributed by atoms with Gasteiger partial charge in [0, 0.05) is 12.1 Å². The van der Waals surface area contributed by atoms with Crippen molar-refractivity contribution in [3.63, 3.8) is 0 Å². The fraction of sp³-hybridized carbons (Fsp3) is 0.333. The summed E-state index contributed by atoms with van der Waals surface area (Å²) in [4.78, 5) is 41.2. The van der Waals surface area contributed by atoms with E-state index in [1.807, 2.05) is 12.1 Å². The van der Waals surface area contributed by atoms with Crippen LogP contribution in [0.2, 0.25) is 0 Å². The maximum absolute atomic E-state index is 12.8. The van der Waals surface area contributed by atoms with Gasteiger partial charge in [0.05, 0.1) is 25.2 Å². The van der Waals surface area contributed by atoms with Crippen molar-refractivity contribution in [1.29, 1.82) is 0 Å². The highest BCUT2D eigenvalue weighted by Crippen LogP contribution is 2.29. The number of fused-ring (bicyclic) bond motifs is 1. The number of hydrogen-bond acceptors (Lipinski definition) is 8. The predicted octanol–water partition coefficient (Wildman–Crippen LogP) is 5.17. The molecule has 12 heteroatoms. The minimum Gasteiger partial charge on any atom is -0.495 e. The number of ether oxygens (including phenoxy) is 2. The average Bonchev–Trinajstić information content (AvgIpc) is 2.73. The summed E-state index contributed by atoms with van der Waals surface area (Å²) in [6.07, 6.45) is -0.542. The van der Waals surface area contributed by atoms with Gasteiger partial charge in [0.25, 0.3) is 6.01 Å². The van der Waals surface area contributed by atoms with Crippen LogP contribution < -0.4 is 21.0 Å². The number of carbonyl (C=O) groups is 2. The minimum absolute atomic E-state index is 0.118. The molecule has 0 bridgehead atoms. The lowest BCUT2D eigenvalue weighted by Crippen LogP contribution is -2.32. The summed E-state index contributed by atoms with van der Waals surface area (Å²) < 4.78 is 17.6. The molecule has 10 nitrogen and oxygen atoms in total. The van der Waals surface area contributed by atoms with Gasteiger partial charge in [-0.15, -0.1) is 0 Å². The topological polar surface area (TPSA) is 140 Å². The number of aliphatic carboxylic acids is 1. The fourth-order valence-electron chi connectivity index (χ4n) is 3.44. The van der Waals surface area contributed by atoms with Gasteiger partial charge < -0.3 is 24.3 Å². The van der Waals surface area contributed by atoms with Crippen LogP contribution in [0.3, 0.4) is 0 Å². The molecule has 0 aliphatic carbocycles. The van der Waals surface area contributed by atoms with E-state index in [-0.39, 0.29) is 17.8 Å². The number of amides is 1. The zero-order valence-electron chi connectivity index (χ0n) is 20.2. The van der Waals surface area contributed by atoms with Crippen molar-refractivity contribution < 1.29 is 28.6 Å². The molecule has 0 fully saturated rings. The number of benzene rings is 2. The highest BCUT2D eigenvalue weighted by atomic mass is 127. The molecule has 1 atom stereocenters. The number of anilines is 2. The Balaban J connectivity index is 1.88. The van der Waals surface area contributed by atoms with E-state index < -0.39 is 29.3 Å². The van der Waals surface area contributed by atoms with Gasteiger partial charge in [-0.25, -0.2) is 14.4 Å². The zero-order chi connectivity index (χ0) is 26.8. The molecule has 0 unspecified atom stereocenters. The molecular weight excluding hydrogens is 696 g/mol. The summed E-state index contributed by atoms with van der Waals surface area (Å²) in [6, 6.07) is 5.49. The Morgan fingerprint density at radius 2 is 1.83 bits per heavy atom. The van der Waals surface area contributed by atoms with Crippen molar-refractivity contribution in [2.45, 2.75) is 45.8 Å². The second kappa shape index (κ2) is 11.2. The third kappa shape index (κ3) is 6.78. The van der Waals surface area contributed by atoms with Crippen LogP contribution in [-0.4, -0.2) is 40.9 Å². The van der Waals surface area contributed by atoms with E-state index in [2.05, 4.69) is 60.8 Å². The number of carboxylic acid groups (broad SMARTS) is 1. The number of aromatic nitrogens is 1. The maximum Gasteiger partial charge on any atom is 0.412 e. The molecule has 3 aromatic rings. The molecule has 3 rings (SSSR count). The highest BCUT2D eigenvalue weighted by molar-refractivity contribution is 14.1. The Morgan fingerprint density at radius 1 is 1.19 bits per heavy atom. The summed E-state index contributed by atoms with van der Waals surface area (Å²) >= 11 is 4.26. The summed E-state index contributed by atoms with van der Waals surface area (Å²) in [5, 5.41) is 15.3. The van der Waals surface area contributed by atoms with E-state index in [0.29, 0.717) is 16.8 Å². The first-order chi connectivity index (χ1) is 16.8. The smallest absolute Gasteiger partial charge is 0.412 e. The second-order valence-corrected chi connectivity index (χ2v) is 11.2. The predicted molar refractivity (Wildman–Crippen MR) is 152 cm³/mol. The SMILES string of the molecule is COc1c(I)cc(C[C@H](Nc2nc3ccc(NC(=O)OC(C)(C)C)c(C)c3c(=O)o2)C(=O)O)cc1I. The zero-order valence-corrected chi connectivity index (χ0v) is 24.5. The molecule has 192 valence electrons. The van der Waals surface area contributed by atoms with Crippen LogP contribution in [0.4, 0.5) is 16.5 Å². The van der Waals surface area contributed by atoms with E-state index in [1.54, 1.807) is 46.9 Å². The van der Waals surface area contributed by atoms with Gasteiger partial charge in [0.2, 0.25) is 0 Å². The Labute approximate surface area is 234 Å². The molecule has 2 aromatic carbocycles.